The van der Waals surface area contributed by atoms with Gasteiger partial charge in [-0.15, -0.1) is 0 Å². The Hall–Kier alpha value is -2.19. The lowest BCUT2D eigenvalue weighted by atomic mass is 10.1. The van der Waals surface area contributed by atoms with E-state index in [4.69, 9.17) is 9.26 Å². The maximum absolute atomic E-state index is 12.2. The molecule has 2 aromatic rings. The lowest BCUT2D eigenvalue weighted by molar-refractivity contribution is -0.121. The molecule has 0 spiro atoms. The molecule has 0 aliphatic carbocycles. The molecule has 0 saturated carbocycles. The van der Waals surface area contributed by atoms with Crippen molar-refractivity contribution in [2.24, 2.45) is 7.05 Å². The van der Waals surface area contributed by atoms with Crippen LogP contribution >= 0.6 is 0 Å². The van der Waals surface area contributed by atoms with Gasteiger partial charge in [0.15, 0.2) is 0 Å². The summed E-state index contributed by atoms with van der Waals surface area (Å²) in [5.41, 5.74) is 3.25. The number of rotatable bonds is 8. The fourth-order valence-electron chi connectivity index (χ4n) is 3.38. The minimum atomic E-state index is 0.0554. The number of morpholine rings is 1. The summed E-state index contributed by atoms with van der Waals surface area (Å²) in [5, 5.41) is 11.3. The monoisotopic (exact) mass is 375 g/mol. The summed E-state index contributed by atoms with van der Waals surface area (Å²) in [6.07, 6.45) is 5.76. The number of aromatic nitrogens is 3. The highest BCUT2D eigenvalue weighted by Gasteiger charge is 2.26. The molecule has 0 aromatic carbocycles. The Morgan fingerprint density at radius 3 is 3.04 bits per heavy atom. The third kappa shape index (κ3) is 5.17. The molecule has 148 valence electrons. The zero-order valence-electron chi connectivity index (χ0n) is 16.4. The SMILES string of the molecule is CCc1noc(C)c1CN1CCOCC1CNC(=O)CCc1cnn(C)c1. The van der Waals surface area contributed by atoms with Gasteiger partial charge in [0.25, 0.3) is 0 Å². The first-order chi connectivity index (χ1) is 13.1. The van der Waals surface area contributed by atoms with Crippen LogP contribution < -0.4 is 5.32 Å². The Morgan fingerprint density at radius 2 is 2.30 bits per heavy atom. The van der Waals surface area contributed by atoms with Gasteiger partial charge in [0.2, 0.25) is 5.91 Å². The number of carbonyl (C=O) groups excluding carboxylic acids is 1. The number of aryl methyl sites for hydroxylation is 4. The van der Waals surface area contributed by atoms with Crippen LogP contribution in [-0.2, 0) is 36.0 Å². The maximum Gasteiger partial charge on any atom is 0.220 e. The van der Waals surface area contributed by atoms with E-state index >= 15 is 0 Å². The van der Waals surface area contributed by atoms with E-state index in [2.05, 4.69) is 27.4 Å². The molecule has 1 saturated heterocycles. The summed E-state index contributed by atoms with van der Waals surface area (Å²) in [5.74, 6) is 0.928. The normalized spacial score (nSPS) is 18.0. The van der Waals surface area contributed by atoms with E-state index in [1.807, 2.05) is 20.2 Å². The molecule has 0 radical (unpaired) electrons. The zero-order valence-corrected chi connectivity index (χ0v) is 16.4. The van der Waals surface area contributed by atoms with Crippen molar-refractivity contribution in [3.8, 4) is 0 Å². The molecule has 1 amide bonds. The van der Waals surface area contributed by atoms with Crippen LogP contribution in [0.15, 0.2) is 16.9 Å². The quantitative estimate of drug-likeness (QED) is 0.747. The van der Waals surface area contributed by atoms with Crippen LogP contribution in [0.3, 0.4) is 0 Å². The molecule has 2 aromatic heterocycles. The van der Waals surface area contributed by atoms with E-state index in [1.165, 1.54) is 0 Å². The molecular weight excluding hydrogens is 346 g/mol. The van der Waals surface area contributed by atoms with Crippen LogP contribution in [0.4, 0.5) is 0 Å². The number of ether oxygens (including phenoxy) is 1. The highest BCUT2D eigenvalue weighted by Crippen LogP contribution is 2.19. The second-order valence-corrected chi connectivity index (χ2v) is 7.04. The van der Waals surface area contributed by atoms with Crippen molar-refractivity contribution in [3.05, 3.63) is 35.0 Å². The van der Waals surface area contributed by atoms with Crippen molar-refractivity contribution in [1.29, 1.82) is 0 Å². The largest absolute Gasteiger partial charge is 0.378 e. The second kappa shape index (κ2) is 9.14. The maximum atomic E-state index is 12.2. The molecule has 8 nitrogen and oxygen atoms in total. The van der Waals surface area contributed by atoms with Gasteiger partial charge in [0.1, 0.15) is 5.76 Å². The first-order valence-corrected chi connectivity index (χ1v) is 9.56. The van der Waals surface area contributed by atoms with E-state index in [1.54, 1.807) is 10.9 Å². The van der Waals surface area contributed by atoms with E-state index in [-0.39, 0.29) is 11.9 Å². The topological polar surface area (TPSA) is 85.4 Å². The summed E-state index contributed by atoms with van der Waals surface area (Å²) in [7, 11) is 1.88. The van der Waals surface area contributed by atoms with Crippen molar-refractivity contribution in [3.63, 3.8) is 0 Å². The van der Waals surface area contributed by atoms with Crippen molar-refractivity contribution in [2.75, 3.05) is 26.3 Å². The summed E-state index contributed by atoms with van der Waals surface area (Å²) in [6, 6.07) is 0.153. The van der Waals surface area contributed by atoms with Gasteiger partial charge < -0.3 is 14.6 Å². The van der Waals surface area contributed by atoms with E-state index in [9.17, 15) is 4.79 Å². The molecule has 8 heteroatoms. The molecule has 1 N–H and O–H groups in total. The average molecular weight is 375 g/mol. The lowest BCUT2D eigenvalue weighted by Crippen LogP contribution is -2.50. The fraction of sp³-hybridized carbons (Fsp3) is 0.632. The standard InChI is InChI=1S/C19H29N5O3/c1-4-18-17(14(2)27-22-18)12-24-7-8-26-13-16(24)10-20-19(25)6-5-15-9-21-23(3)11-15/h9,11,16H,4-8,10,12-13H2,1-3H3,(H,20,25). The number of carbonyl (C=O) groups is 1. The summed E-state index contributed by atoms with van der Waals surface area (Å²) in [6.45, 7) is 7.56. The van der Waals surface area contributed by atoms with Crippen LogP contribution in [0.2, 0.25) is 0 Å². The lowest BCUT2D eigenvalue weighted by Gasteiger charge is -2.35. The molecule has 1 aliphatic heterocycles. The fourth-order valence-corrected chi connectivity index (χ4v) is 3.38. The van der Waals surface area contributed by atoms with E-state index in [0.29, 0.717) is 32.6 Å². The highest BCUT2D eigenvalue weighted by molar-refractivity contribution is 5.76. The van der Waals surface area contributed by atoms with Gasteiger partial charge in [0.05, 0.1) is 31.1 Å². The predicted octanol–water partition coefficient (Wildman–Crippen LogP) is 1.23. The molecular formula is C19H29N5O3. The van der Waals surface area contributed by atoms with Crippen LogP contribution in [0, 0.1) is 6.92 Å². The Morgan fingerprint density at radius 1 is 1.44 bits per heavy atom. The van der Waals surface area contributed by atoms with Gasteiger partial charge in [-0.05, 0) is 25.3 Å². The van der Waals surface area contributed by atoms with E-state index < -0.39 is 0 Å². The van der Waals surface area contributed by atoms with Crippen LogP contribution in [0.5, 0.6) is 0 Å². The van der Waals surface area contributed by atoms with Gasteiger partial charge in [0, 0.05) is 44.9 Å². The third-order valence-electron chi connectivity index (χ3n) is 5.05. The minimum absolute atomic E-state index is 0.0554. The Kier molecular flexibility index (Phi) is 6.63. The third-order valence-corrected chi connectivity index (χ3v) is 5.05. The average Bonchev–Trinajstić information content (AvgIpc) is 3.25. The van der Waals surface area contributed by atoms with Crippen LogP contribution in [-0.4, -0.2) is 58.1 Å². The molecule has 1 fully saturated rings. The van der Waals surface area contributed by atoms with Crippen molar-refractivity contribution in [2.45, 2.75) is 45.7 Å². The van der Waals surface area contributed by atoms with Crippen molar-refractivity contribution in [1.82, 2.24) is 25.2 Å². The first-order valence-electron chi connectivity index (χ1n) is 9.56. The predicted molar refractivity (Wildman–Crippen MR) is 100 cm³/mol. The summed E-state index contributed by atoms with van der Waals surface area (Å²) in [4.78, 5) is 14.6. The number of hydrogen-bond donors (Lipinski definition) is 1. The Balaban J connectivity index is 1.51. The molecule has 1 aliphatic rings. The molecule has 3 rings (SSSR count). The Labute approximate surface area is 159 Å². The van der Waals surface area contributed by atoms with Crippen molar-refractivity contribution < 1.29 is 14.1 Å². The molecule has 1 unspecified atom stereocenters. The number of nitrogens with zero attached hydrogens (tertiary/aromatic N) is 4. The number of hydrogen-bond acceptors (Lipinski definition) is 6. The van der Waals surface area contributed by atoms with E-state index in [0.717, 1.165) is 42.1 Å². The van der Waals surface area contributed by atoms with Crippen LogP contribution in [0.25, 0.3) is 0 Å². The van der Waals surface area contributed by atoms with Crippen molar-refractivity contribution >= 4 is 5.91 Å². The van der Waals surface area contributed by atoms with Gasteiger partial charge in [-0.25, -0.2) is 0 Å². The summed E-state index contributed by atoms with van der Waals surface area (Å²) >= 11 is 0. The zero-order chi connectivity index (χ0) is 19.2. The Bertz CT molecular complexity index is 754. The minimum Gasteiger partial charge on any atom is -0.378 e. The smallest absolute Gasteiger partial charge is 0.220 e. The summed E-state index contributed by atoms with van der Waals surface area (Å²) < 4.78 is 12.7. The van der Waals surface area contributed by atoms with Gasteiger partial charge in [-0.3, -0.25) is 14.4 Å². The molecule has 27 heavy (non-hydrogen) atoms. The van der Waals surface area contributed by atoms with Gasteiger partial charge >= 0.3 is 0 Å². The van der Waals surface area contributed by atoms with Crippen LogP contribution in [0.1, 0.15) is 35.9 Å². The second-order valence-electron chi connectivity index (χ2n) is 7.04. The van der Waals surface area contributed by atoms with Gasteiger partial charge in [-0.2, -0.15) is 5.10 Å². The first kappa shape index (κ1) is 19.6. The molecule has 1 atom stereocenters. The highest BCUT2D eigenvalue weighted by atomic mass is 16.5. The molecule has 3 heterocycles. The molecule has 0 bridgehead atoms. The number of amides is 1. The van der Waals surface area contributed by atoms with Gasteiger partial charge in [-0.1, -0.05) is 12.1 Å². The number of nitrogens with one attached hydrogen (secondary N) is 1.